The molecule has 2 N–H and O–H groups in total. The molecule has 20 heavy (non-hydrogen) atoms. The van der Waals surface area contributed by atoms with Crippen LogP contribution in [0.3, 0.4) is 0 Å². The highest BCUT2D eigenvalue weighted by Crippen LogP contribution is 2.32. The first-order valence-electron chi connectivity index (χ1n) is 6.11. The van der Waals surface area contributed by atoms with Gasteiger partial charge in [0.2, 0.25) is 0 Å². The normalized spacial score (nSPS) is 12.5. The molecule has 0 saturated carbocycles. The minimum absolute atomic E-state index is 0.0420. The van der Waals surface area contributed by atoms with Crippen molar-refractivity contribution in [2.45, 2.75) is 13.0 Å². The molecule has 102 valence electrons. The van der Waals surface area contributed by atoms with Crippen LogP contribution >= 0.6 is 23.3 Å². The van der Waals surface area contributed by atoms with Crippen LogP contribution in [0.15, 0.2) is 36.4 Å². The van der Waals surface area contributed by atoms with Gasteiger partial charge in [-0.25, -0.2) is 0 Å². The van der Waals surface area contributed by atoms with Gasteiger partial charge in [0.25, 0.3) is 0 Å². The van der Waals surface area contributed by atoms with E-state index in [-0.39, 0.29) is 11.8 Å². The van der Waals surface area contributed by atoms with Crippen LogP contribution in [0.2, 0.25) is 5.02 Å². The summed E-state index contributed by atoms with van der Waals surface area (Å²) in [6.07, 6.45) is 0. The smallest absolute Gasteiger partial charge is 0.129 e. The number of fused-ring (bicyclic) bond motifs is 1. The number of benzene rings is 2. The van der Waals surface area contributed by atoms with E-state index in [9.17, 15) is 5.11 Å². The van der Waals surface area contributed by atoms with E-state index >= 15 is 0 Å². The standard InChI is InChI=1S/C14H12ClN3OS/c1-8(9-2-4-10(19)5-3-9)16-13-11(15)6-7-12-14(13)18-20-17-12/h2-8,16,19H,1H3. The first-order valence-corrected chi connectivity index (χ1v) is 7.22. The maximum Gasteiger partial charge on any atom is 0.129 e. The topological polar surface area (TPSA) is 58.0 Å². The Kier molecular flexibility index (Phi) is 3.46. The average molecular weight is 306 g/mol. The summed E-state index contributed by atoms with van der Waals surface area (Å²) in [6, 6.07) is 10.8. The molecule has 0 aliphatic rings. The molecule has 0 amide bonds. The number of hydrogen-bond acceptors (Lipinski definition) is 5. The third kappa shape index (κ3) is 2.42. The van der Waals surface area contributed by atoms with Crippen molar-refractivity contribution in [1.29, 1.82) is 0 Å². The Morgan fingerprint density at radius 2 is 1.90 bits per heavy atom. The van der Waals surface area contributed by atoms with Gasteiger partial charge in [-0.1, -0.05) is 23.7 Å². The molecule has 1 atom stereocenters. The van der Waals surface area contributed by atoms with Crippen molar-refractivity contribution in [3.8, 4) is 5.75 Å². The van der Waals surface area contributed by atoms with Crippen molar-refractivity contribution >= 4 is 40.0 Å². The number of phenols is 1. The minimum atomic E-state index is 0.0420. The lowest BCUT2D eigenvalue weighted by atomic mass is 10.1. The van der Waals surface area contributed by atoms with Crippen LogP contribution in [-0.4, -0.2) is 13.9 Å². The van der Waals surface area contributed by atoms with Gasteiger partial charge in [0, 0.05) is 6.04 Å². The molecule has 1 unspecified atom stereocenters. The Labute approximate surface area is 125 Å². The lowest BCUT2D eigenvalue weighted by Gasteiger charge is -2.17. The highest BCUT2D eigenvalue weighted by atomic mass is 35.5. The van der Waals surface area contributed by atoms with Gasteiger partial charge < -0.3 is 10.4 Å². The molecular formula is C14H12ClN3OS. The highest BCUT2D eigenvalue weighted by molar-refractivity contribution is 7.00. The second-order valence-electron chi connectivity index (χ2n) is 4.51. The van der Waals surface area contributed by atoms with Gasteiger partial charge in [-0.3, -0.25) is 0 Å². The molecule has 0 aliphatic carbocycles. The van der Waals surface area contributed by atoms with Crippen molar-refractivity contribution in [2.24, 2.45) is 0 Å². The van der Waals surface area contributed by atoms with E-state index in [1.807, 2.05) is 31.2 Å². The van der Waals surface area contributed by atoms with Crippen molar-refractivity contribution in [1.82, 2.24) is 8.75 Å². The number of anilines is 1. The maximum absolute atomic E-state index is 9.33. The summed E-state index contributed by atoms with van der Waals surface area (Å²) in [4.78, 5) is 0. The predicted molar refractivity (Wildman–Crippen MR) is 82.6 cm³/mol. The lowest BCUT2D eigenvalue weighted by molar-refractivity contribution is 0.475. The van der Waals surface area contributed by atoms with Crippen LogP contribution in [0, 0.1) is 0 Å². The summed E-state index contributed by atoms with van der Waals surface area (Å²) in [5.74, 6) is 0.254. The number of aromatic nitrogens is 2. The highest BCUT2D eigenvalue weighted by Gasteiger charge is 2.13. The Morgan fingerprint density at radius 1 is 1.15 bits per heavy atom. The Bertz CT molecular complexity index is 742. The van der Waals surface area contributed by atoms with E-state index in [1.54, 1.807) is 12.1 Å². The van der Waals surface area contributed by atoms with Crippen molar-refractivity contribution in [2.75, 3.05) is 5.32 Å². The zero-order valence-corrected chi connectivity index (χ0v) is 12.2. The summed E-state index contributed by atoms with van der Waals surface area (Å²) >= 11 is 7.42. The summed E-state index contributed by atoms with van der Waals surface area (Å²) in [7, 11) is 0. The Balaban J connectivity index is 1.94. The van der Waals surface area contributed by atoms with Crippen molar-refractivity contribution in [3.63, 3.8) is 0 Å². The van der Waals surface area contributed by atoms with E-state index < -0.39 is 0 Å². The molecule has 0 spiro atoms. The zero-order valence-electron chi connectivity index (χ0n) is 10.7. The van der Waals surface area contributed by atoms with Crippen LogP contribution in [-0.2, 0) is 0 Å². The zero-order chi connectivity index (χ0) is 14.1. The van der Waals surface area contributed by atoms with Gasteiger partial charge >= 0.3 is 0 Å². The molecule has 2 aromatic carbocycles. The fraction of sp³-hybridized carbons (Fsp3) is 0.143. The summed E-state index contributed by atoms with van der Waals surface area (Å²) in [6.45, 7) is 2.03. The SMILES string of the molecule is CC(Nc1c(Cl)ccc2nsnc12)c1ccc(O)cc1. The molecule has 3 rings (SSSR count). The molecule has 1 aromatic heterocycles. The van der Waals surface area contributed by atoms with Gasteiger partial charge in [-0.15, -0.1) is 0 Å². The Morgan fingerprint density at radius 3 is 2.65 bits per heavy atom. The van der Waals surface area contributed by atoms with E-state index in [0.29, 0.717) is 5.02 Å². The minimum Gasteiger partial charge on any atom is -0.508 e. The first kappa shape index (κ1) is 13.1. The number of phenolic OH excluding ortho intramolecular Hbond substituents is 1. The number of halogens is 1. The van der Waals surface area contributed by atoms with Crippen LogP contribution in [0.25, 0.3) is 11.0 Å². The van der Waals surface area contributed by atoms with E-state index in [1.165, 1.54) is 11.7 Å². The van der Waals surface area contributed by atoms with Crippen LogP contribution < -0.4 is 5.32 Å². The van der Waals surface area contributed by atoms with E-state index in [4.69, 9.17) is 11.6 Å². The number of nitrogens with zero attached hydrogens (tertiary/aromatic N) is 2. The van der Waals surface area contributed by atoms with Gasteiger partial charge in [0.05, 0.1) is 22.4 Å². The quantitative estimate of drug-likeness (QED) is 0.760. The molecule has 0 saturated heterocycles. The van der Waals surface area contributed by atoms with Crippen molar-refractivity contribution < 1.29 is 5.11 Å². The van der Waals surface area contributed by atoms with Gasteiger partial charge in [0.15, 0.2) is 0 Å². The second-order valence-corrected chi connectivity index (χ2v) is 5.45. The van der Waals surface area contributed by atoms with E-state index in [2.05, 4.69) is 14.1 Å². The average Bonchev–Trinajstić information content (AvgIpc) is 2.91. The summed E-state index contributed by atoms with van der Waals surface area (Å²) < 4.78 is 8.49. The largest absolute Gasteiger partial charge is 0.508 e. The number of rotatable bonds is 3. The third-order valence-corrected chi connectivity index (χ3v) is 3.99. The first-order chi connectivity index (χ1) is 9.65. The maximum atomic E-state index is 9.33. The fourth-order valence-corrected chi connectivity index (χ4v) is 2.78. The molecule has 4 nitrogen and oxygen atoms in total. The summed E-state index contributed by atoms with van der Waals surface area (Å²) in [5, 5.41) is 13.3. The molecule has 6 heteroatoms. The monoisotopic (exact) mass is 305 g/mol. The molecule has 0 aliphatic heterocycles. The molecule has 0 fully saturated rings. The number of aromatic hydroxyl groups is 1. The van der Waals surface area contributed by atoms with E-state index in [0.717, 1.165) is 22.3 Å². The van der Waals surface area contributed by atoms with Crippen LogP contribution in [0.1, 0.15) is 18.5 Å². The third-order valence-electron chi connectivity index (χ3n) is 3.13. The van der Waals surface area contributed by atoms with Crippen LogP contribution in [0.4, 0.5) is 5.69 Å². The number of nitrogens with one attached hydrogen (secondary N) is 1. The predicted octanol–water partition coefficient (Wildman–Crippen LogP) is 4.22. The molecule has 0 radical (unpaired) electrons. The van der Waals surface area contributed by atoms with Crippen LogP contribution in [0.5, 0.6) is 5.75 Å². The fourth-order valence-electron chi connectivity index (χ4n) is 2.03. The molecule has 0 bridgehead atoms. The number of hydrogen-bond donors (Lipinski definition) is 2. The molecular weight excluding hydrogens is 294 g/mol. The summed E-state index contributed by atoms with van der Waals surface area (Å²) in [5.41, 5.74) is 3.46. The second kappa shape index (κ2) is 5.26. The van der Waals surface area contributed by atoms with Crippen molar-refractivity contribution in [3.05, 3.63) is 47.0 Å². The lowest BCUT2D eigenvalue weighted by Crippen LogP contribution is -2.07. The van der Waals surface area contributed by atoms with Gasteiger partial charge in [0.1, 0.15) is 16.8 Å². The van der Waals surface area contributed by atoms with Gasteiger partial charge in [-0.2, -0.15) is 8.75 Å². The molecule has 1 heterocycles. The Hall–Kier alpha value is -1.85. The molecule has 3 aromatic rings. The van der Waals surface area contributed by atoms with Gasteiger partial charge in [-0.05, 0) is 36.8 Å².